The van der Waals surface area contributed by atoms with Crippen molar-refractivity contribution in [3.63, 3.8) is 0 Å². The van der Waals surface area contributed by atoms with Gasteiger partial charge in [-0.2, -0.15) is 0 Å². The summed E-state index contributed by atoms with van der Waals surface area (Å²) in [7, 11) is 0. The fourth-order valence-corrected chi connectivity index (χ4v) is 9.01. The van der Waals surface area contributed by atoms with E-state index in [1.54, 1.807) is 0 Å². The van der Waals surface area contributed by atoms with E-state index in [1.165, 1.54) is 55.6 Å². The van der Waals surface area contributed by atoms with Crippen LogP contribution in [0.15, 0.2) is 191 Å². The Kier molecular flexibility index (Phi) is 6.06. The van der Waals surface area contributed by atoms with Gasteiger partial charge in [-0.05, 0) is 120 Å². The van der Waals surface area contributed by atoms with E-state index in [0.717, 1.165) is 22.3 Å². The summed E-state index contributed by atoms with van der Waals surface area (Å²) >= 11 is 0. The molecule has 2 nitrogen and oxygen atoms in total. The molecular weight excluding hydrogens is 633 g/mol. The first kappa shape index (κ1) is 29.0. The first-order valence-corrected chi connectivity index (χ1v) is 17.8. The molecule has 0 aliphatic heterocycles. The predicted molar refractivity (Wildman–Crippen MR) is 213 cm³/mol. The lowest BCUT2D eigenvalue weighted by Gasteiger charge is -2.30. The molecule has 242 valence electrons. The highest BCUT2D eigenvalue weighted by molar-refractivity contribution is 5.96. The zero-order chi connectivity index (χ0) is 34.4. The van der Waals surface area contributed by atoms with Gasteiger partial charge in [0.2, 0.25) is 5.43 Å². The highest BCUT2D eigenvalue weighted by Crippen LogP contribution is 2.63. The van der Waals surface area contributed by atoms with Crippen LogP contribution >= 0.6 is 0 Å². The van der Waals surface area contributed by atoms with Gasteiger partial charge < -0.3 is 4.42 Å². The van der Waals surface area contributed by atoms with Gasteiger partial charge in [0.05, 0.1) is 16.2 Å². The Labute approximate surface area is 300 Å². The average Bonchev–Trinajstić information content (AvgIpc) is 3.68. The molecule has 8 aromatic carbocycles. The van der Waals surface area contributed by atoms with E-state index in [0.29, 0.717) is 21.9 Å². The standard InChI is InChI=1S/C50H30O2/c51-49-41-18-4-8-22-47(41)52-48-26-24-35(29-42(48)49)33-13-9-11-31(27-33)32-12-10-14-34(28-32)36-23-25-40-39-17-3-7-21-45(39)50(46(40)30-36)43-19-5-1-15-37(43)38-16-2-6-20-44(38)50/h1-30H. The molecule has 0 saturated carbocycles. The van der Waals surface area contributed by atoms with Crippen molar-refractivity contribution >= 4 is 21.9 Å². The summed E-state index contributed by atoms with van der Waals surface area (Å²) < 4.78 is 6.08. The van der Waals surface area contributed by atoms with Crippen LogP contribution in [0.4, 0.5) is 0 Å². The van der Waals surface area contributed by atoms with Gasteiger partial charge in [-0.3, -0.25) is 4.79 Å². The molecule has 0 saturated heterocycles. The van der Waals surface area contributed by atoms with Gasteiger partial charge >= 0.3 is 0 Å². The summed E-state index contributed by atoms with van der Waals surface area (Å²) in [6.45, 7) is 0. The fourth-order valence-electron chi connectivity index (χ4n) is 9.01. The summed E-state index contributed by atoms with van der Waals surface area (Å²) in [5.74, 6) is 0. The van der Waals surface area contributed by atoms with Gasteiger partial charge in [-0.25, -0.2) is 0 Å². The van der Waals surface area contributed by atoms with Crippen LogP contribution in [-0.2, 0) is 5.41 Å². The maximum absolute atomic E-state index is 13.4. The number of rotatable bonds is 3. The summed E-state index contributed by atoms with van der Waals surface area (Å²) in [5, 5.41) is 1.19. The zero-order valence-corrected chi connectivity index (χ0v) is 28.1. The third kappa shape index (κ3) is 3.98. The Balaban J connectivity index is 1.03. The van der Waals surface area contributed by atoms with Crippen LogP contribution in [-0.4, -0.2) is 0 Å². The minimum absolute atomic E-state index is 0.00800. The van der Waals surface area contributed by atoms with Crippen molar-refractivity contribution in [2.75, 3.05) is 0 Å². The number of hydrogen-bond acceptors (Lipinski definition) is 2. The molecule has 0 bridgehead atoms. The molecule has 1 aromatic heterocycles. The molecule has 0 radical (unpaired) electrons. The summed E-state index contributed by atoms with van der Waals surface area (Å²) in [5.41, 5.74) is 18.1. The Morgan fingerprint density at radius 3 is 1.37 bits per heavy atom. The summed E-state index contributed by atoms with van der Waals surface area (Å²) in [4.78, 5) is 13.4. The minimum atomic E-state index is -0.371. The highest BCUT2D eigenvalue weighted by atomic mass is 16.3. The molecule has 1 spiro atoms. The largest absolute Gasteiger partial charge is 0.456 e. The zero-order valence-electron chi connectivity index (χ0n) is 28.1. The molecular formula is C50H30O2. The molecule has 2 aliphatic rings. The van der Waals surface area contributed by atoms with Gasteiger partial charge in [0.1, 0.15) is 11.2 Å². The Bertz CT molecular complexity index is 2940. The second-order valence-corrected chi connectivity index (χ2v) is 13.9. The van der Waals surface area contributed by atoms with Gasteiger partial charge in [0, 0.05) is 0 Å². The molecule has 0 unspecified atom stereocenters. The second-order valence-electron chi connectivity index (χ2n) is 13.9. The molecule has 0 fully saturated rings. The molecule has 1 heterocycles. The summed E-state index contributed by atoms with van der Waals surface area (Å²) in [6.07, 6.45) is 0. The molecule has 9 aromatic rings. The van der Waals surface area contributed by atoms with Gasteiger partial charge in [0.25, 0.3) is 0 Å². The van der Waals surface area contributed by atoms with Crippen molar-refractivity contribution in [1.82, 2.24) is 0 Å². The van der Waals surface area contributed by atoms with Gasteiger partial charge in [-0.1, -0.05) is 140 Å². The topological polar surface area (TPSA) is 30.2 Å². The number of fused-ring (bicyclic) bond motifs is 12. The molecule has 0 atom stereocenters. The Hall–Kier alpha value is -6.77. The smallest absolute Gasteiger partial charge is 0.200 e. The van der Waals surface area contributed by atoms with Crippen LogP contribution in [0, 0.1) is 0 Å². The normalized spacial score (nSPS) is 13.2. The van der Waals surface area contributed by atoms with Gasteiger partial charge in [0.15, 0.2) is 0 Å². The minimum Gasteiger partial charge on any atom is -0.456 e. The molecule has 2 heteroatoms. The SMILES string of the molecule is O=c1c2ccccc2oc2ccc(-c3cccc(-c4cccc(-c5ccc6c(c5)C5(c7ccccc7-c7ccccc75)c5ccccc5-6)c4)c3)cc12. The maximum atomic E-state index is 13.4. The third-order valence-corrected chi connectivity index (χ3v) is 11.3. The monoisotopic (exact) mass is 662 g/mol. The Morgan fingerprint density at radius 2 is 0.769 bits per heavy atom. The number of para-hydroxylation sites is 1. The maximum Gasteiger partial charge on any atom is 0.200 e. The lowest BCUT2D eigenvalue weighted by atomic mass is 9.70. The van der Waals surface area contributed by atoms with E-state index >= 15 is 0 Å². The van der Waals surface area contributed by atoms with Crippen molar-refractivity contribution < 1.29 is 4.42 Å². The van der Waals surface area contributed by atoms with E-state index in [2.05, 4.69) is 140 Å². The van der Waals surface area contributed by atoms with Crippen molar-refractivity contribution in [1.29, 1.82) is 0 Å². The van der Waals surface area contributed by atoms with Crippen molar-refractivity contribution in [3.05, 3.63) is 214 Å². The van der Waals surface area contributed by atoms with Crippen LogP contribution in [0.25, 0.3) is 77.6 Å². The van der Waals surface area contributed by atoms with Crippen LogP contribution in [0.3, 0.4) is 0 Å². The first-order chi connectivity index (χ1) is 25.7. The fraction of sp³-hybridized carbons (Fsp3) is 0.0200. The molecule has 2 aliphatic carbocycles. The second kappa shape index (κ2) is 10.9. The highest BCUT2D eigenvalue weighted by Gasteiger charge is 2.51. The van der Waals surface area contributed by atoms with Crippen LogP contribution in [0.1, 0.15) is 22.3 Å². The van der Waals surface area contributed by atoms with E-state index in [4.69, 9.17) is 4.42 Å². The predicted octanol–water partition coefficient (Wildman–Crippen LogP) is 12.3. The third-order valence-electron chi connectivity index (χ3n) is 11.3. The van der Waals surface area contributed by atoms with Crippen LogP contribution < -0.4 is 5.43 Å². The molecule has 0 amide bonds. The van der Waals surface area contributed by atoms with Crippen molar-refractivity contribution in [2.24, 2.45) is 0 Å². The molecule has 52 heavy (non-hydrogen) atoms. The lowest BCUT2D eigenvalue weighted by molar-refractivity contribution is 0.660. The van der Waals surface area contributed by atoms with Crippen molar-refractivity contribution in [2.45, 2.75) is 5.41 Å². The van der Waals surface area contributed by atoms with Crippen LogP contribution in [0.2, 0.25) is 0 Å². The quantitative estimate of drug-likeness (QED) is 0.176. The Morgan fingerprint density at radius 1 is 0.327 bits per heavy atom. The summed E-state index contributed by atoms with van der Waals surface area (Å²) in [6, 6.07) is 64.6. The first-order valence-electron chi connectivity index (χ1n) is 17.8. The molecule has 0 N–H and O–H groups in total. The van der Waals surface area contributed by atoms with Crippen molar-refractivity contribution in [3.8, 4) is 55.6 Å². The lowest BCUT2D eigenvalue weighted by Crippen LogP contribution is -2.25. The number of hydrogen-bond donors (Lipinski definition) is 0. The van der Waals surface area contributed by atoms with E-state index in [9.17, 15) is 4.79 Å². The van der Waals surface area contributed by atoms with Crippen LogP contribution in [0.5, 0.6) is 0 Å². The average molecular weight is 663 g/mol. The van der Waals surface area contributed by atoms with E-state index in [1.807, 2.05) is 42.5 Å². The molecule has 11 rings (SSSR count). The van der Waals surface area contributed by atoms with Gasteiger partial charge in [-0.15, -0.1) is 0 Å². The number of benzene rings is 8. The van der Waals surface area contributed by atoms with E-state index in [-0.39, 0.29) is 10.8 Å². The van der Waals surface area contributed by atoms with E-state index < -0.39 is 0 Å².